The maximum absolute atomic E-state index is 14.4. The number of esters is 2. The van der Waals surface area contributed by atoms with Gasteiger partial charge in [0.05, 0.1) is 17.1 Å². The summed E-state index contributed by atoms with van der Waals surface area (Å²) >= 11 is 12.9. The van der Waals surface area contributed by atoms with Gasteiger partial charge in [-0.1, -0.05) is 41.4 Å². The minimum absolute atomic E-state index is 0.00822. The van der Waals surface area contributed by atoms with Crippen LogP contribution < -0.4 is 19.2 Å². The van der Waals surface area contributed by atoms with Gasteiger partial charge in [0, 0.05) is 18.5 Å². The molecule has 11 nitrogen and oxygen atoms in total. The second-order valence-corrected chi connectivity index (χ2v) is 17.0. The van der Waals surface area contributed by atoms with Crippen molar-refractivity contribution in [2.75, 3.05) is 26.2 Å². The van der Waals surface area contributed by atoms with E-state index >= 15 is 0 Å². The van der Waals surface area contributed by atoms with Crippen LogP contribution in [0.3, 0.4) is 0 Å². The topological polar surface area (TPSA) is 135 Å². The van der Waals surface area contributed by atoms with E-state index in [1.54, 1.807) is 0 Å². The Morgan fingerprint density at radius 3 is 2.28 bits per heavy atom. The summed E-state index contributed by atoms with van der Waals surface area (Å²) in [7, 11) is -4.67. The number of carbonyl (C=O) groups is 2. The lowest BCUT2D eigenvalue weighted by molar-refractivity contribution is -0.377. The first-order valence-electron chi connectivity index (χ1n) is 18.5. The number of fused-ring (bicyclic) bond motifs is 3. The lowest BCUT2D eigenvalue weighted by Crippen LogP contribution is -2.52. The first-order valence-corrected chi connectivity index (χ1v) is 20.7. The number of hydrogen-bond donors (Lipinski definition) is 1. The number of piperidine rings is 3. The molecule has 3 saturated heterocycles. The number of sulfonamides is 1. The number of rotatable bonds is 16. The normalized spacial score (nSPS) is 20.0. The van der Waals surface area contributed by atoms with Crippen LogP contribution in [0.4, 0.5) is 17.6 Å². The third kappa shape index (κ3) is 10.0. The smallest absolute Gasteiger partial charge is 0.387 e. The summed E-state index contributed by atoms with van der Waals surface area (Å²) in [5.74, 6) is -4.41. The zero-order chi connectivity index (χ0) is 41.1. The standard InChI is InChI=1S/C40H37Cl2F4N3O8S/c41-29-18-47-19-30(42)28(29)17-34(24-7-9-33(57-40(45)46)35(16-24)54-21-22-4-5-22)55-38(50)26-2-1-3-27(14-26)58(52,53)48-37(25-6-8-31(43)32(44)15-25)39(51)56-36-20-49-12-10-23(36)11-13-49/h1-3,6-9,14-16,18-19,22-23,34,36-37,40,48H,4-5,10-13,17,20-21H2/p+1/t34-,36-,37?/m0/s1. The molecule has 0 amide bonds. The van der Waals surface area contributed by atoms with Crippen LogP contribution in [0.5, 0.6) is 11.5 Å². The second kappa shape index (κ2) is 17.8. The molecular weight excluding hydrogens is 829 g/mol. The highest BCUT2D eigenvalue weighted by Crippen LogP contribution is 2.38. The molecule has 0 radical (unpaired) electrons. The van der Waals surface area contributed by atoms with Crippen molar-refractivity contribution in [1.29, 1.82) is 0 Å². The molecule has 8 rings (SSSR count). The summed E-state index contributed by atoms with van der Waals surface area (Å²) < 4.78 is 107. The van der Waals surface area contributed by atoms with E-state index in [9.17, 15) is 35.6 Å². The van der Waals surface area contributed by atoms with Crippen molar-refractivity contribution in [2.24, 2.45) is 11.8 Å². The average molecular weight is 868 g/mol. The maximum atomic E-state index is 14.4. The van der Waals surface area contributed by atoms with Crippen LogP contribution in [-0.2, 0) is 30.7 Å². The fraction of sp³-hybridized carbons (Fsp3) is 0.375. The van der Waals surface area contributed by atoms with Crippen molar-refractivity contribution in [3.05, 3.63) is 117 Å². The van der Waals surface area contributed by atoms with Crippen LogP contribution in [0.2, 0.25) is 10.0 Å². The number of benzene rings is 3. The monoisotopic (exact) mass is 866 g/mol. The van der Waals surface area contributed by atoms with Crippen LogP contribution >= 0.6 is 23.2 Å². The molecule has 1 aromatic heterocycles. The third-order valence-electron chi connectivity index (χ3n) is 10.4. The Balaban J connectivity index is 1.16. The molecule has 1 aliphatic carbocycles. The van der Waals surface area contributed by atoms with Gasteiger partial charge < -0.3 is 18.9 Å². The van der Waals surface area contributed by atoms with Gasteiger partial charge in [-0.15, -0.1) is 0 Å². The number of hydrogen-bond acceptors (Lipinski definition) is 9. The van der Waals surface area contributed by atoms with Crippen LogP contribution in [0.25, 0.3) is 0 Å². The number of nitrogens with zero attached hydrogens (tertiary/aromatic N) is 1. The van der Waals surface area contributed by atoms with Gasteiger partial charge in [-0.25, -0.2) is 31.8 Å². The largest absolute Gasteiger partial charge is 0.489 e. The molecule has 0 spiro atoms. The van der Waals surface area contributed by atoms with Crippen LogP contribution in [0.1, 0.15) is 64.9 Å². The minimum atomic E-state index is -4.67. The molecule has 3 atom stereocenters. The van der Waals surface area contributed by atoms with E-state index in [-0.39, 0.29) is 57.5 Å². The zero-order valence-corrected chi connectivity index (χ0v) is 33.0. The van der Waals surface area contributed by atoms with Crippen molar-refractivity contribution >= 4 is 45.2 Å². The van der Waals surface area contributed by atoms with E-state index in [0.29, 0.717) is 23.7 Å². The Kier molecular flexibility index (Phi) is 12.8. The number of nitrogens with one attached hydrogen (secondary N) is 2. The number of carbonyl (C=O) groups excluding carboxylic acids is 2. The van der Waals surface area contributed by atoms with Gasteiger partial charge in [0.25, 0.3) is 0 Å². The molecule has 4 heterocycles. The Hall–Kier alpha value is -4.48. The van der Waals surface area contributed by atoms with E-state index in [4.69, 9.17) is 37.4 Å². The summed E-state index contributed by atoms with van der Waals surface area (Å²) in [4.78, 5) is 32.0. The van der Waals surface area contributed by atoms with Crippen molar-refractivity contribution in [3.63, 3.8) is 0 Å². The van der Waals surface area contributed by atoms with Gasteiger partial charge in [-0.05, 0) is 104 Å². The van der Waals surface area contributed by atoms with Gasteiger partial charge in [-0.3, -0.25) is 4.90 Å². The minimum Gasteiger partial charge on any atom is -0.489 e. The van der Waals surface area contributed by atoms with E-state index in [2.05, 4.69) is 19.3 Å². The highest BCUT2D eigenvalue weighted by Gasteiger charge is 2.39. The number of halogens is 6. The fourth-order valence-corrected chi connectivity index (χ4v) is 8.77. The molecule has 2 N–H and O–H groups in total. The molecule has 58 heavy (non-hydrogen) atoms. The first-order chi connectivity index (χ1) is 27.7. The predicted molar refractivity (Wildman–Crippen MR) is 201 cm³/mol. The van der Waals surface area contributed by atoms with Crippen LogP contribution in [-0.4, -0.2) is 64.2 Å². The molecule has 3 aromatic carbocycles. The van der Waals surface area contributed by atoms with Crippen molar-refractivity contribution < 1.29 is 59.5 Å². The number of pyridine rings is 1. The predicted octanol–water partition coefficient (Wildman–Crippen LogP) is 7.27. The number of aromatic amines is 1. The Morgan fingerprint density at radius 2 is 1.62 bits per heavy atom. The molecule has 4 aliphatic rings. The molecule has 4 fully saturated rings. The van der Waals surface area contributed by atoms with Crippen LogP contribution in [0.15, 0.2) is 78.0 Å². The van der Waals surface area contributed by atoms with Gasteiger partial charge in [-0.2, -0.15) is 13.5 Å². The van der Waals surface area contributed by atoms with Crippen molar-refractivity contribution in [3.8, 4) is 11.5 Å². The number of alkyl halides is 2. The molecule has 18 heteroatoms. The summed E-state index contributed by atoms with van der Waals surface area (Å²) in [5, 5.41) is 0.413. The summed E-state index contributed by atoms with van der Waals surface area (Å²) in [6.07, 6.45) is 4.56. The highest BCUT2D eigenvalue weighted by atomic mass is 35.5. The zero-order valence-electron chi connectivity index (χ0n) is 30.6. The second-order valence-electron chi connectivity index (χ2n) is 14.4. The van der Waals surface area contributed by atoms with E-state index in [1.807, 2.05) is 0 Å². The van der Waals surface area contributed by atoms with Gasteiger partial charge in [0.1, 0.15) is 28.3 Å². The number of aromatic nitrogens is 1. The SMILES string of the molecule is O=C(O[C@@H](Cc1c(Cl)c[nH+]cc1Cl)c1ccc(OC(F)F)c(OCC2CC2)c1)c1cccc(S(=O)(=O)NC(C(=O)O[C@H]2CN3CCC2CC3)c2ccc(F)c(F)c2)c1. The lowest BCUT2D eigenvalue weighted by Gasteiger charge is -2.44. The molecule has 4 aromatic rings. The molecule has 2 bridgehead atoms. The van der Waals surface area contributed by atoms with Gasteiger partial charge in [0.15, 0.2) is 35.5 Å². The average Bonchev–Trinajstić information content (AvgIpc) is 4.04. The van der Waals surface area contributed by atoms with Gasteiger partial charge in [0.2, 0.25) is 10.0 Å². The molecular formula is C40H38Cl2F4N3O8S+. The lowest BCUT2D eigenvalue weighted by atomic mass is 9.86. The summed E-state index contributed by atoms with van der Waals surface area (Å²) in [6, 6.07) is 9.64. The van der Waals surface area contributed by atoms with E-state index in [1.165, 1.54) is 48.8 Å². The third-order valence-corrected chi connectivity index (χ3v) is 12.5. The quantitative estimate of drug-likeness (QED) is 0.0912. The van der Waals surface area contributed by atoms with Gasteiger partial charge >= 0.3 is 18.6 Å². The van der Waals surface area contributed by atoms with Crippen LogP contribution in [0, 0.1) is 23.5 Å². The number of ether oxygens (including phenoxy) is 4. The Bertz CT molecular complexity index is 2260. The van der Waals surface area contributed by atoms with E-state index < -0.39 is 63.4 Å². The Morgan fingerprint density at radius 1 is 0.897 bits per heavy atom. The van der Waals surface area contributed by atoms with Crippen molar-refractivity contribution in [2.45, 2.75) is 61.9 Å². The first kappa shape index (κ1) is 41.7. The molecule has 1 saturated carbocycles. The fourth-order valence-electron chi connectivity index (χ4n) is 7.02. The molecule has 308 valence electrons. The Labute approximate surface area is 341 Å². The maximum Gasteiger partial charge on any atom is 0.387 e. The van der Waals surface area contributed by atoms with Crippen molar-refractivity contribution in [1.82, 2.24) is 9.62 Å². The highest BCUT2D eigenvalue weighted by molar-refractivity contribution is 7.89. The summed E-state index contributed by atoms with van der Waals surface area (Å²) in [6.45, 7) is -0.724. The number of H-pyrrole nitrogens is 1. The summed E-state index contributed by atoms with van der Waals surface area (Å²) in [5.41, 5.74) is 0.242. The molecule has 1 unspecified atom stereocenters. The molecule has 3 aliphatic heterocycles. The van der Waals surface area contributed by atoms with E-state index in [0.717, 1.165) is 57.0 Å².